The Balaban J connectivity index is 1.62. The normalized spacial score (nSPS) is 16.4. The zero-order valence-electron chi connectivity index (χ0n) is 15.6. The topological polar surface area (TPSA) is 83.6 Å². The molecule has 1 aliphatic heterocycles. The van der Waals surface area contributed by atoms with Crippen LogP contribution in [0.15, 0.2) is 48.5 Å². The van der Waals surface area contributed by atoms with Crippen LogP contribution in [-0.4, -0.2) is 39.5 Å². The number of benzene rings is 2. The molecule has 0 bridgehead atoms. The standard InChI is InChI=1S/C21H20N2O4S/c1-13-8-9-14(2)16(10-13)22-19(25)11-18-20(26)23(21(27)28-18)12-17(24)15-6-4-3-5-7-15/h3-10,18H,11-12H2,1-2H3,(H,22,25)/t18-/m0/s1. The molecule has 1 aliphatic rings. The van der Waals surface area contributed by atoms with Crippen LogP contribution in [0.5, 0.6) is 0 Å². The van der Waals surface area contributed by atoms with Gasteiger partial charge in [0.15, 0.2) is 5.78 Å². The molecule has 0 spiro atoms. The van der Waals surface area contributed by atoms with Gasteiger partial charge in [-0.05, 0) is 31.0 Å². The molecule has 0 aromatic heterocycles. The van der Waals surface area contributed by atoms with Crippen LogP contribution >= 0.6 is 11.8 Å². The van der Waals surface area contributed by atoms with Gasteiger partial charge in [0.05, 0.1) is 6.54 Å². The maximum absolute atomic E-state index is 12.5. The predicted octanol–water partition coefficient (Wildman–Crippen LogP) is 3.58. The lowest BCUT2D eigenvalue weighted by Gasteiger charge is -2.13. The number of amides is 3. The van der Waals surface area contributed by atoms with E-state index in [-0.39, 0.29) is 24.7 Å². The quantitative estimate of drug-likeness (QED) is 0.755. The SMILES string of the molecule is Cc1ccc(C)c(NC(=O)C[C@@H]2SC(=O)N(CC(=O)c3ccccc3)C2=O)c1. The fourth-order valence-corrected chi connectivity index (χ4v) is 3.86. The number of hydrogen-bond acceptors (Lipinski definition) is 5. The van der Waals surface area contributed by atoms with E-state index < -0.39 is 16.4 Å². The summed E-state index contributed by atoms with van der Waals surface area (Å²) in [7, 11) is 0. The summed E-state index contributed by atoms with van der Waals surface area (Å²) in [5.74, 6) is -1.16. The number of nitrogens with one attached hydrogen (secondary N) is 1. The van der Waals surface area contributed by atoms with Gasteiger partial charge in [-0.3, -0.25) is 24.1 Å². The van der Waals surface area contributed by atoms with E-state index in [1.54, 1.807) is 30.3 Å². The van der Waals surface area contributed by atoms with Crippen molar-refractivity contribution in [1.29, 1.82) is 0 Å². The van der Waals surface area contributed by atoms with Crippen molar-refractivity contribution in [2.45, 2.75) is 25.5 Å². The van der Waals surface area contributed by atoms with Crippen molar-refractivity contribution >= 4 is 40.3 Å². The van der Waals surface area contributed by atoms with Gasteiger partial charge in [0.1, 0.15) is 5.25 Å². The van der Waals surface area contributed by atoms with E-state index in [4.69, 9.17) is 0 Å². The van der Waals surface area contributed by atoms with Crippen molar-refractivity contribution in [2.75, 3.05) is 11.9 Å². The highest BCUT2D eigenvalue weighted by Gasteiger charge is 2.41. The average molecular weight is 396 g/mol. The van der Waals surface area contributed by atoms with Crippen LogP contribution in [0.2, 0.25) is 0 Å². The van der Waals surface area contributed by atoms with Crippen molar-refractivity contribution in [3.05, 3.63) is 65.2 Å². The molecular weight excluding hydrogens is 376 g/mol. The third-order valence-corrected chi connectivity index (χ3v) is 5.52. The molecule has 7 heteroatoms. The highest BCUT2D eigenvalue weighted by Crippen LogP contribution is 2.30. The Morgan fingerprint density at radius 3 is 2.50 bits per heavy atom. The summed E-state index contributed by atoms with van der Waals surface area (Å²) < 4.78 is 0. The number of aryl methyl sites for hydroxylation is 2. The molecule has 1 fully saturated rings. The molecule has 0 aliphatic carbocycles. The minimum absolute atomic E-state index is 0.126. The minimum atomic E-state index is -0.818. The van der Waals surface area contributed by atoms with Crippen molar-refractivity contribution in [1.82, 2.24) is 4.90 Å². The molecule has 1 heterocycles. The second-order valence-electron chi connectivity index (χ2n) is 6.66. The van der Waals surface area contributed by atoms with E-state index in [1.165, 1.54) is 0 Å². The van der Waals surface area contributed by atoms with Crippen LogP contribution in [-0.2, 0) is 9.59 Å². The van der Waals surface area contributed by atoms with E-state index in [0.29, 0.717) is 11.3 Å². The fourth-order valence-electron chi connectivity index (χ4n) is 2.87. The molecule has 0 radical (unpaired) electrons. The molecule has 6 nitrogen and oxygen atoms in total. The molecule has 2 aromatic carbocycles. The van der Waals surface area contributed by atoms with Crippen LogP contribution in [0.4, 0.5) is 10.5 Å². The maximum atomic E-state index is 12.5. The molecule has 0 unspecified atom stereocenters. The Morgan fingerprint density at radius 1 is 1.07 bits per heavy atom. The second-order valence-corrected chi connectivity index (χ2v) is 7.81. The number of hydrogen-bond donors (Lipinski definition) is 1. The summed E-state index contributed by atoms with van der Waals surface area (Å²) in [4.78, 5) is 50.3. The van der Waals surface area contributed by atoms with Crippen molar-refractivity contribution in [3.8, 4) is 0 Å². The van der Waals surface area contributed by atoms with Crippen molar-refractivity contribution < 1.29 is 19.2 Å². The van der Waals surface area contributed by atoms with E-state index in [0.717, 1.165) is 27.8 Å². The van der Waals surface area contributed by atoms with Crippen LogP contribution in [0.25, 0.3) is 0 Å². The first-order valence-corrected chi connectivity index (χ1v) is 9.70. The summed E-state index contributed by atoms with van der Waals surface area (Å²) in [6.45, 7) is 3.49. The zero-order chi connectivity index (χ0) is 20.3. The number of nitrogens with zero attached hydrogens (tertiary/aromatic N) is 1. The number of carbonyl (C=O) groups excluding carboxylic acids is 4. The smallest absolute Gasteiger partial charge is 0.289 e. The van der Waals surface area contributed by atoms with Gasteiger partial charge in [-0.2, -0.15) is 0 Å². The Kier molecular flexibility index (Phi) is 5.94. The monoisotopic (exact) mass is 396 g/mol. The number of rotatable bonds is 6. The molecule has 0 saturated carbocycles. The molecule has 2 aromatic rings. The molecule has 1 saturated heterocycles. The molecule has 3 amide bonds. The summed E-state index contributed by atoms with van der Waals surface area (Å²) in [6, 6.07) is 14.2. The highest BCUT2D eigenvalue weighted by molar-refractivity contribution is 8.15. The van der Waals surface area contributed by atoms with Gasteiger partial charge in [0, 0.05) is 17.7 Å². The fraction of sp³-hybridized carbons (Fsp3) is 0.238. The van der Waals surface area contributed by atoms with Gasteiger partial charge in [-0.25, -0.2) is 0 Å². The number of carbonyl (C=O) groups is 4. The molecule has 1 atom stereocenters. The molecule has 1 N–H and O–H groups in total. The van der Waals surface area contributed by atoms with Crippen LogP contribution in [0, 0.1) is 13.8 Å². The number of imide groups is 1. The zero-order valence-corrected chi connectivity index (χ0v) is 16.4. The maximum Gasteiger partial charge on any atom is 0.289 e. The van der Waals surface area contributed by atoms with E-state index >= 15 is 0 Å². The third-order valence-electron chi connectivity index (χ3n) is 4.44. The summed E-state index contributed by atoms with van der Waals surface area (Å²) in [5.41, 5.74) is 3.04. The first kappa shape index (κ1) is 19.8. The van der Waals surface area contributed by atoms with Gasteiger partial charge in [0.2, 0.25) is 11.8 Å². The van der Waals surface area contributed by atoms with Crippen molar-refractivity contribution in [3.63, 3.8) is 0 Å². The summed E-state index contributed by atoms with van der Waals surface area (Å²) in [6.07, 6.45) is -0.126. The molecule has 3 rings (SSSR count). The largest absolute Gasteiger partial charge is 0.326 e. The van der Waals surface area contributed by atoms with Crippen LogP contribution in [0.3, 0.4) is 0 Å². The van der Waals surface area contributed by atoms with Gasteiger partial charge in [0.25, 0.3) is 5.24 Å². The lowest BCUT2D eigenvalue weighted by molar-refractivity contribution is -0.128. The van der Waals surface area contributed by atoms with E-state index in [1.807, 2.05) is 32.0 Å². The third kappa shape index (κ3) is 4.48. The Morgan fingerprint density at radius 2 is 1.79 bits per heavy atom. The molecular formula is C21H20N2O4S. The van der Waals surface area contributed by atoms with Crippen molar-refractivity contribution in [2.24, 2.45) is 0 Å². The van der Waals surface area contributed by atoms with E-state index in [2.05, 4.69) is 5.32 Å². The lowest BCUT2D eigenvalue weighted by Crippen LogP contribution is -2.36. The van der Waals surface area contributed by atoms with Gasteiger partial charge < -0.3 is 5.32 Å². The Bertz CT molecular complexity index is 943. The number of anilines is 1. The first-order valence-electron chi connectivity index (χ1n) is 8.82. The predicted molar refractivity (Wildman–Crippen MR) is 108 cm³/mol. The first-order chi connectivity index (χ1) is 13.3. The highest BCUT2D eigenvalue weighted by atomic mass is 32.2. The number of ketones is 1. The summed E-state index contributed by atoms with van der Waals surface area (Å²) >= 11 is 0.790. The molecule has 144 valence electrons. The average Bonchev–Trinajstić information content (AvgIpc) is 2.92. The number of thioether (sulfide) groups is 1. The van der Waals surface area contributed by atoms with E-state index in [9.17, 15) is 19.2 Å². The number of Topliss-reactive ketones (excluding diaryl/α,β-unsaturated/α-hetero) is 1. The lowest BCUT2D eigenvalue weighted by atomic mass is 10.1. The molecule has 28 heavy (non-hydrogen) atoms. The van der Waals surface area contributed by atoms with Crippen LogP contribution < -0.4 is 5.32 Å². The van der Waals surface area contributed by atoms with Gasteiger partial charge in [-0.1, -0.05) is 54.2 Å². The van der Waals surface area contributed by atoms with Crippen LogP contribution in [0.1, 0.15) is 27.9 Å². The Hall–Kier alpha value is -2.93. The minimum Gasteiger partial charge on any atom is -0.326 e. The van der Waals surface area contributed by atoms with Gasteiger partial charge in [-0.15, -0.1) is 0 Å². The second kappa shape index (κ2) is 8.39. The summed E-state index contributed by atoms with van der Waals surface area (Å²) in [5, 5.41) is 1.47. The Labute approximate surface area is 167 Å². The van der Waals surface area contributed by atoms with Gasteiger partial charge >= 0.3 is 0 Å².